The van der Waals surface area contributed by atoms with E-state index < -0.39 is 46.4 Å². The molecule has 0 aliphatic carbocycles. The smallest absolute Gasteiger partial charge is 0.352 e. The van der Waals surface area contributed by atoms with Crippen molar-refractivity contribution in [2.75, 3.05) is 17.2 Å². The average Bonchev–Trinajstić information content (AvgIpc) is 3.58. The topological polar surface area (TPSA) is 263 Å². The number of hydrogen-bond donors (Lipinski definition) is 7. The standard InChI is InChI=1S/C33H30N8O9S3/c1-33(2,31(48)39-49)50-40-22(19-14-53-32(34)36-19)26(44)37-23-28(45)41-24(30(46)47)17(13-52-29(23)41)12-51-27-18(16-8-9-20(42)21(43)10-16)11-35-25(38-27)15-6-4-3-5-7-15/h3-11,14,23,29,42-43,49H,12-13H2,1-2H3,(H2,34,36)(H,37,44)(H,39,48)(H,46,47)/b40-22+/t23-,29-/m1/s1. The molecule has 6 rings (SSSR count). The zero-order valence-electron chi connectivity index (χ0n) is 27.7. The van der Waals surface area contributed by atoms with Crippen LogP contribution in [-0.2, 0) is 24.0 Å². The van der Waals surface area contributed by atoms with Crippen molar-refractivity contribution >= 4 is 69.4 Å². The predicted octanol–water partition coefficient (Wildman–Crippen LogP) is 2.80. The number of oxime groups is 1. The Balaban J connectivity index is 1.24. The van der Waals surface area contributed by atoms with Crippen LogP contribution >= 0.6 is 34.9 Å². The number of thiazole rings is 1. The van der Waals surface area contributed by atoms with E-state index in [0.717, 1.165) is 21.8 Å². The van der Waals surface area contributed by atoms with E-state index in [-0.39, 0.29) is 39.5 Å². The highest BCUT2D eigenvalue weighted by Gasteiger charge is 2.54. The van der Waals surface area contributed by atoms with Crippen LogP contribution in [0, 0.1) is 0 Å². The second-order valence-corrected chi connectivity index (χ2v) is 14.9. The minimum absolute atomic E-state index is 0.00223. The lowest BCUT2D eigenvalue weighted by Gasteiger charge is -2.49. The molecule has 2 aliphatic rings. The Hall–Kier alpha value is -5.70. The number of benzene rings is 2. The van der Waals surface area contributed by atoms with Crippen molar-refractivity contribution in [2.24, 2.45) is 5.16 Å². The maximum absolute atomic E-state index is 13.5. The number of carbonyl (C=O) groups excluding carboxylic acids is 3. The molecule has 1 saturated heterocycles. The first-order valence-electron chi connectivity index (χ1n) is 15.5. The zero-order chi connectivity index (χ0) is 38.0. The molecule has 0 spiro atoms. The van der Waals surface area contributed by atoms with E-state index in [9.17, 15) is 34.5 Å². The Labute approximate surface area is 312 Å². The van der Waals surface area contributed by atoms with Gasteiger partial charge in [0.05, 0.1) is 0 Å². The number of hydrogen-bond acceptors (Lipinski definition) is 16. The number of nitrogens with zero attached hydrogens (tertiary/aromatic N) is 5. The van der Waals surface area contributed by atoms with Crippen molar-refractivity contribution in [1.29, 1.82) is 0 Å². The summed E-state index contributed by atoms with van der Waals surface area (Å²) >= 11 is 3.47. The highest BCUT2D eigenvalue weighted by Crippen LogP contribution is 2.43. The van der Waals surface area contributed by atoms with E-state index in [1.165, 1.54) is 60.4 Å². The molecule has 0 unspecified atom stereocenters. The van der Waals surface area contributed by atoms with E-state index in [1.54, 1.807) is 12.3 Å². The third-order valence-electron chi connectivity index (χ3n) is 7.98. The van der Waals surface area contributed by atoms with Gasteiger partial charge < -0.3 is 31.2 Å². The van der Waals surface area contributed by atoms with Crippen LogP contribution in [0.15, 0.2) is 81.6 Å². The molecule has 0 bridgehead atoms. The van der Waals surface area contributed by atoms with Crippen LogP contribution in [0.4, 0.5) is 5.13 Å². The van der Waals surface area contributed by atoms with Gasteiger partial charge in [-0.05, 0) is 37.1 Å². The summed E-state index contributed by atoms with van der Waals surface area (Å²) in [6, 6.07) is 12.4. The van der Waals surface area contributed by atoms with Crippen molar-refractivity contribution in [3.63, 3.8) is 0 Å². The number of carboxylic acids is 1. The molecule has 2 aliphatic heterocycles. The van der Waals surface area contributed by atoms with Crippen molar-refractivity contribution in [1.82, 2.24) is 30.6 Å². The molecule has 274 valence electrons. The Morgan fingerprint density at radius 1 is 1.11 bits per heavy atom. The highest BCUT2D eigenvalue weighted by molar-refractivity contribution is 8.01. The summed E-state index contributed by atoms with van der Waals surface area (Å²) in [6.45, 7) is 2.58. The number of carbonyl (C=O) groups is 4. The lowest BCUT2D eigenvalue weighted by atomic mass is 10.0. The molecule has 2 atom stereocenters. The fourth-order valence-electron chi connectivity index (χ4n) is 5.19. The zero-order valence-corrected chi connectivity index (χ0v) is 30.2. The molecule has 17 nitrogen and oxygen atoms in total. The third-order valence-corrected chi connectivity index (χ3v) is 11.1. The monoisotopic (exact) mass is 778 g/mol. The SMILES string of the molecule is CC(C)(O/N=C(/C(=O)N[C@@H]1C(=O)N2C(C(=O)O)=C(CSc3nc(-c4ccccc4)ncc3-c3ccc(O)c(O)c3)CS[C@H]12)c1csc(N)n1)C(=O)NO. The lowest BCUT2D eigenvalue weighted by molar-refractivity contribution is -0.152. The second-order valence-electron chi connectivity index (χ2n) is 11.9. The van der Waals surface area contributed by atoms with Gasteiger partial charge in [-0.3, -0.25) is 24.5 Å². The van der Waals surface area contributed by atoms with Crippen LogP contribution in [0.5, 0.6) is 11.5 Å². The number of aromatic nitrogens is 3. The van der Waals surface area contributed by atoms with Crippen molar-refractivity contribution in [3.05, 3.63) is 77.1 Å². The number of carboxylic acid groups (broad SMARTS) is 1. The maximum atomic E-state index is 13.5. The molecule has 4 heterocycles. The molecule has 2 aromatic carbocycles. The van der Waals surface area contributed by atoms with Crippen LogP contribution in [-0.4, -0.2) is 98.3 Å². The summed E-state index contributed by atoms with van der Waals surface area (Å²) in [4.78, 5) is 71.3. The van der Waals surface area contributed by atoms with Crippen LogP contribution in [0.1, 0.15) is 19.5 Å². The van der Waals surface area contributed by atoms with E-state index >= 15 is 0 Å². The molecule has 20 heteroatoms. The molecular weight excluding hydrogens is 749 g/mol. The van der Waals surface area contributed by atoms with Gasteiger partial charge in [-0.2, -0.15) is 0 Å². The number of β-lactam (4-membered cyclic amide) rings is 1. The van der Waals surface area contributed by atoms with Gasteiger partial charge in [0.1, 0.15) is 27.8 Å². The summed E-state index contributed by atoms with van der Waals surface area (Å²) in [7, 11) is 0. The number of nitrogens with one attached hydrogen (secondary N) is 2. The van der Waals surface area contributed by atoms with Gasteiger partial charge in [0.15, 0.2) is 28.2 Å². The lowest BCUT2D eigenvalue weighted by Crippen LogP contribution is -2.71. The van der Waals surface area contributed by atoms with E-state index in [1.807, 2.05) is 30.3 Å². The van der Waals surface area contributed by atoms with Crippen LogP contribution in [0.2, 0.25) is 0 Å². The summed E-state index contributed by atoms with van der Waals surface area (Å²) in [6.07, 6.45) is 1.58. The van der Waals surface area contributed by atoms with Gasteiger partial charge in [-0.15, -0.1) is 34.9 Å². The van der Waals surface area contributed by atoms with Crippen molar-refractivity contribution in [2.45, 2.75) is 35.9 Å². The summed E-state index contributed by atoms with van der Waals surface area (Å²) in [5, 5.41) is 47.0. The van der Waals surface area contributed by atoms with Gasteiger partial charge in [0.25, 0.3) is 17.7 Å². The Bertz CT molecular complexity index is 2180. The number of thioether (sulfide) groups is 2. The van der Waals surface area contributed by atoms with Crippen LogP contribution < -0.4 is 16.5 Å². The van der Waals surface area contributed by atoms with Crippen molar-refractivity contribution < 1.29 is 44.5 Å². The maximum Gasteiger partial charge on any atom is 0.352 e. The largest absolute Gasteiger partial charge is 0.504 e. The van der Waals surface area contributed by atoms with Gasteiger partial charge in [0.2, 0.25) is 5.60 Å². The third kappa shape index (κ3) is 7.61. The minimum Gasteiger partial charge on any atom is -0.504 e. The van der Waals surface area contributed by atoms with E-state index in [4.69, 9.17) is 20.8 Å². The molecule has 53 heavy (non-hydrogen) atoms. The highest BCUT2D eigenvalue weighted by atomic mass is 32.2. The normalized spacial score (nSPS) is 17.2. The Kier molecular flexibility index (Phi) is 10.6. The number of fused-ring (bicyclic) bond motifs is 1. The first-order valence-corrected chi connectivity index (χ1v) is 18.4. The van der Waals surface area contributed by atoms with Crippen LogP contribution in [0.25, 0.3) is 22.5 Å². The van der Waals surface area contributed by atoms with Gasteiger partial charge in [-0.1, -0.05) is 41.6 Å². The molecule has 1 fully saturated rings. The molecule has 8 N–H and O–H groups in total. The second kappa shape index (κ2) is 15.1. The van der Waals surface area contributed by atoms with E-state index in [0.29, 0.717) is 27.6 Å². The van der Waals surface area contributed by atoms with Crippen LogP contribution in [0.3, 0.4) is 0 Å². The number of amides is 3. The van der Waals surface area contributed by atoms with E-state index in [2.05, 4.69) is 20.4 Å². The fraction of sp³-hybridized carbons (Fsp3) is 0.212. The number of aromatic hydroxyl groups is 2. The number of nitrogen functional groups attached to an aromatic ring is 1. The number of phenolic OH excluding ortho intramolecular Hbond substituents is 2. The summed E-state index contributed by atoms with van der Waals surface area (Å²) < 4.78 is 0. The number of phenols is 2. The molecular formula is C33H30N8O9S3. The number of anilines is 1. The van der Waals surface area contributed by atoms with Crippen molar-refractivity contribution in [3.8, 4) is 34.0 Å². The number of hydroxylamine groups is 1. The Morgan fingerprint density at radius 3 is 2.53 bits per heavy atom. The number of aliphatic carboxylic acids is 1. The fourth-order valence-corrected chi connectivity index (χ4v) is 8.24. The quantitative estimate of drug-likeness (QED) is 0.0207. The summed E-state index contributed by atoms with van der Waals surface area (Å²) in [5.41, 5.74) is 7.06. The average molecular weight is 779 g/mol. The number of nitrogens with two attached hydrogens (primary N) is 1. The molecule has 3 amide bonds. The minimum atomic E-state index is -1.71. The predicted molar refractivity (Wildman–Crippen MR) is 195 cm³/mol. The van der Waals surface area contributed by atoms with Gasteiger partial charge >= 0.3 is 5.97 Å². The Morgan fingerprint density at radius 2 is 1.87 bits per heavy atom. The molecule has 4 aromatic rings. The van der Waals surface area contributed by atoms with Gasteiger partial charge in [0, 0.05) is 34.2 Å². The first kappa shape index (κ1) is 37.1. The first-order chi connectivity index (χ1) is 25.3. The number of rotatable bonds is 12. The molecule has 0 radical (unpaired) electrons. The van der Waals surface area contributed by atoms with Gasteiger partial charge in [-0.25, -0.2) is 25.2 Å². The molecule has 2 aromatic heterocycles. The molecule has 0 saturated carbocycles. The summed E-state index contributed by atoms with van der Waals surface area (Å²) in [5.74, 6) is -3.78.